The summed E-state index contributed by atoms with van der Waals surface area (Å²) in [5.41, 5.74) is 6.68. The first kappa shape index (κ1) is 36.3. The van der Waals surface area contributed by atoms with E-state index >= 15 is 0 Å². The number of nitrogens with two attached hydrogens (primary N) is 2. The average Bonchev–Trinajstić information content (AvgIpc) is 3.21. The fourth-order valence-electron chi connectivity index (χ4n) is 0.796. The zero-order chi connectivity index (χ0) is 26.3. The van der Waals surface area contributed by atoms with Gasteiger partial charge in [-0.15, -0.1) is 10.2 Å². The first-order valence-electron chi connectivity index (χ1n) is 8.35. The second-order valence-electron chi connectivity index (χ2n) is 5.08. The number of hydrogen-bond acceptors (Lipinski definition) is 12. The number of oxime groups is 1. The highest BCUT2D eigenvalue weighted by Gasteiger charge is 1.90. The predicted molar refractivity (Wildman–Crippen MR) is 118 cm³/mol. The minimum Gasteiger partial charge on any atom is -0.426 e. The molecule has 0 bridgehead atoms. The lowest BCUT2D eigenvalue weighted by Crippen LogP contribution is -2.26. The van der Waals surface area contributed by atoms with Crippen molar-refractivity contribution in [3.05, 3.63) is 23.5 Å². The van der Waals surface area contributed by atoms with Gasteiger partial charge in [0.1, 0.15) is 5.84 Å². The van der Waals surface area contributed by atoms with E-state index in [4.69, 9.17) is 15.4 Å². The topological polar surface area (TPSA) is 226 Å². The van der Waals surface area contributed by atoms with E-state index in [0.717, 1.165) is 0 Å². The molecule has 14 nitrogen and oxygen atoms in total. The molecule has 0 spiro atoms. The van der Waals surface area contributed by atoms with Crippen LogP contribution in [0.1, 0.15) is 51.2 Å². The van der Waals surface area contributed by atoms with Crippen molar-refractivity contribution in [2.45, 2.75) is 55.4 Å². The number of aromatic nitrogens is 4. The molecule has 0 aromatic carbocycles. The second-order valence-corrected chi connectivity index (χ2v) is 6.15. The van der Waals surface area contributed by atoms with Gasteiger partial charge in [-0.3, -0.25) is 19.8 Å². The van der Waals surface area contributed by atoms with Crippen molar-refractivity contribution in [2.75, 3.05) is 0 Å². The predicted octanol–water partition coefficient (Wildman–Crippen LogP) is 1.67. The summed E-state index contributed by atoms with van der Waals surface area (Å²) in [7, 11) is 0. The molecule has 2 heterocycles. The van der Waals surface area contributed by atoms with E-state index in [2.05, 4.69) is 59.1 Å². The van der Waals surface area contributed by atoms with E-state index in [9.17, 15) is 14.4 Å². The molecular weight excluding hydrogens is 471 g/mol. The SMILES string of the molecule is C/C(N)=N\O.CC(=O)Cl.CC(=O)Cl.CC(=O)NN.Cc1nnc(C)o1.Cc1noc(C)n1. The Kier molecular flexibility index (Phi) is 27.4. The molecule has 0 atom stereocenters. The minimum absolute atomic E-state index is 0.185. The third kappa shape index (κ3) is 50.5. The fraction of sp³-hybridized carbons (Fsp3) is 0.500. The van der Waals surface area contributed by atoms with Gasteiger partial charge in [-0.25, -0.2) is 5.84 Å². The molecular formula is C16H30Cl2N8O6. The maximum atomic E-state index is 9.58. The normalized spacial score (nSPS) is 8.66. The standard InChI is InChI=1S/2C4H6N2O.2C2H3ClO.2C2H6N2O/c1-3-5-6-4(2)7-3;1-3-5-4(2)7-6-3;2*1-2(3)4;1-2(5)4-3;1-2(3)4-5/h2*1-2H3;2*1H3;3H2,1H3,(H,4,5);5H,1H3,(H2,3,4). The van der Waals surface area contributed by atoms with Gasteiger partial charge in [0.25, 0.3) is 0 Å². The zero-order valence-electron chi connectivity index (χ0n) is 19.1. The molecule has 0 saturated carbocycles. The van der Waals surface area contributed by atoms with Crippen LogP contribution in [0.15, 0.2) is 14.1 Å². The molecule has 32 heavy (non-hydrogen) atoms. The summed E-state index contributed by atoms with van der Waals surface area (Å²) in [6, 6.07) is 0. The minimum atomic E-state index is -0.361. The Morgan fingerprint density at radius 3 is 1.31 bits per heavy atom. The molecule has 0 unspecified atom stereocenters. The van der Waals surface area contributed by atoms with Crippen LogP contribution in [0.2, 0.25) is 0 Å². The Morgan fingerprint density at radius 1 is 0.938 bits per heavy atom. The number of nitrogens with zero attached hydrogens (tertiary/aromatic N) is 5. The van der Waals surface area contributed by atoms with Crippen molar-refractivity contribution >= 4 is 45.4 Å². The monoisotopic (exact) mass is 500 g/mol. The van der Waals surface area contributed by atoms with Crippen LogP contribution < -0.4 is 17.0 Å². The highest BCUT2D eigenvalue weighted by atomic mass is 35.5. The van der Waals surface area contributed by atoms with Gasteiger partial charge in [-0.2, -0.15) is 4.98 Å². The quantitative estimate of drug-likeness (QED) is 0.0769. The van der Waals surface area contributed by atoms with Crippen LogP contribution in [0.5, 0.6) is 0 Å². The average molecular weight is 501 g/mol. The molecule has 1 amide bonds. The summed E-state index contributed by atoms with van der Waals surface area (Å²) in [5, 5.41) is 20.2. The third-order valence-electron chi connectivity index (χ3n) is 1.62. The largest absolute Gasteiger partial charge is 0.426 e. The lowest BCUT2D eigenvalue weighted by Gasteiger charge is -1.80. The van der Waals surface area contributed by atoms with E-state index in [-0.39, 0.29) is 22.2 Å². The van der Waals surface area contributed by atoms with E-state index in [1.807, 2.05) is 5.43 Å². The van der Waals surface area contributed by atoms with Gasteiger partial charge in [0.2, 0.25) is 34.1 Å². The fourth-order valence-corrected chi connectivity index (χ4v) is 0.796. The number of hydrogen-bond donors (Lipinski definition) is 4. The summed E-state index contributed by atoms with van der Waals surface area (Å²) < 4.78 is 9.46. The molecule has 16 heteroatoms. The Morgan fingerprint density at radius 2 is 1.25 bits per heavy atom. The molecule has 0 radical (unpaired) electrons. The number of nitrogens with one attached hydrogen (secondary N) is 1. The Hall–Kier alpha value is -3.10. The maximum Gasteiger partial charge on any atom is 0.230 e. The summed E-state index contributed by atoms with van der Waals surface area (Å²) in [6.45, 7) is 12.5. The van der Waals surface area contributed by atoms with Gasteiger partial charge in [-0.05, 0) is 37.0 Å². The third-order valence-corrected chi connectivity index (χ3v) is 1.62. The number of carbonyl (C=O) groups is 3. The van der Waals surface area contributed by atoms with E-state index < -0.39 is 0 Å². The lowest BCUT2D eigenvalue weighted by atomic mass is 10.7. The van der Waals surface area contributed by atoms with E-state index in [0.29, 0.717) is 23.5 Å². The molecule has 184 valence electrons. The molecule has 2 aromatic heterocycles. The summed E-state index contributed by atoms with van der Waals surface area (Å²) >= 11 is 9.27. The smallest absolute Gasteiger partial charge is 0.230 e. The van der Waals surface area contributed by atoms with E-state index in [1.54, 1.807) is 27.7 Å². The summed E-state index contributed by atoms with van der Waals surface area (Å²) in [6.07, 6.45) is 0. The first-order valence-corrected chi connectivity index (χ1v) is 9.11. The van der Waals surface area contributed by atoms with Crippen molar-refractivity contribution < 1.29 is 28.5 Å². The lowest BCUT2D eigenvalue weighted by molar-refractivity contribution is -0.119. The van der Waals surface area contributed by atoms with Gasteiger partial charge in [0, 0.05) is 41.5 Å². The number of carbonyl (C=O) groups excluding carboxylic acids is 3. The van der Waals surface area contributed by atoms with Crippen molar-refractivity contribution in [3.63, 3.8) is 0 Å². The number of aryl methyl sites for hydroxylation is 4. The van der Waals surface area contributed by atoms with E-state index in [1.165, 1.54) is 27.7 Å². The number of amides is 1. The van der Waals surface area contributed by atoms with Crippen LogP contribution in [-0.4, -0.2) is 47.8 Å². The Bertz CT molecular complexity index is 700. The first-order chi connectivity index (χ1) is 14.6. The molecule has 0 aliphatic carbocycles. The van der Waals surface area contributed by atoms with Crippen LogP contribution in [0, 0.1) is 27.7 Å². The van der Waals surface area contributed by atoms with Gasteiger partial charge in [0.15, 0.2) is 5.82 Å². The van der Waals surface area contributed by atoms with Crippen molar-refractivity contribution in [1.82, 2.24) is 25.8 Å². The van der Waals surface area contributed by atoms with Gasteiger partial charge >= 0.3 is 0 Å². The summed E-state index contributed by atoms with van der Waals surface area (Å²) in [4.78, 5) is 31.8. The van der Waals surface area contributed by atoms with Gasteiger partial charge in [-0.1, -0.05) is 10.3 Å². The van der Waals surface area contributed by atoms with Crippen LogP contribution in [0.3, 0.4) is 0 Å². The van der Waals surface area contributed by atoms with Crippen LogP contribution in [0.4, 0.5) is 0 Å². The van der Waals surface area contributed by atoms with Crippen molar-refractivity contribution in [3.8, 4) is 0 Å². The maximum absolute atomic E-state index is 9.58. The molecule has 0 saturated heterocycles. The van der Waals surface area contributed by atoms with Crippen LogP contribution >= 0.6 is 23.2 Å². The Balaban J connectivity index is -0.000000150. The van der Waals surface area contributed by atoms with Crippen molar-refractivity contribution in [1.29, 1.82) is 0 Å². The molecule has 0 fully saturated rings. The highest BCUT2D eigenvalue weighted by Crippen LogP contribution is 1.92. The molecule has 6 N–H and O–H groups in total. The molecule has 0 aliphatic heterocycles. The highest BCUT2D eigenvalue weighted by molar-refractivity contribution is 6.63. The molecule has 2 rings (SSSR count). The molecule has 2 aromatic rings. The number of rotatable bonds is 0. The van der Waals surface area contributed by atoms with Gasteiger partial charge < -0.3 is 19.9 Å². The molecule has 0 aliphatic rings. The van der Waals surface area contributed by atoms with Crippen LogP contribution in [0.25, 0.3) is 0 Å². The summed E-state index contributed by atoms with van der Waals surface area (Å²) in [5.74, 6) is 7.10. The van der Waals surface area contributed by atoms with Crippen molar-refractivity contribution in [2.24, 2.45) is 16.7 Å². The second kappa shape index (κ2) is 24.2. The zero-order valence-corrected chi connectivity index (χ0v) is 20.6. The number of halogens is 2. The number of hydrazine groups is 1. The van der Waals surface area contributed by atoms with Crippen LogP contribution in [-0.2, 0) is 14.4 Å². The number of amidine groups is 1. The van der Waals surface area contributed by atoms with Gasteiger partial charge in [0.05, 0.1) is 0 Å². The Labute approximate surface area is 195 Å².